The first-order valence-electron chi connectivity index (χ1n) is 7.27. The van der Waals surface area contributed by atoms with Gasteiger partial charge in [-0.25, -0.2) is 4.68 Å². The van der Waals surface area contributed by atoms with Crippen LogP contribution < -0.4 is 0 Å². The first-order valence-corrected chi connectivity index (χ1v) is 7.27. The fourth-order valence-electron chi connectivity index (χ4n) is 2.96. The van der Waals surface area contributed by atoms with Crippen molar-refractivity contribution < 1.29 is 14.7 Å². The second kappa shape index (κ2) is 6.64. The van der Waals surface area contributed by atoms with Crippen LogP contribution in [0.2, 0.25) is 0 Å². The topological polar surface area (TPSA) is 101 Å². The van der Waals surface area contributed by atoms with Gasteiger partial charge in [0.1, 0.15) is 11.9 Å². The second-order valence-corrected chi connectivity index (χ2v) is 5.57. The van der Waals surface area contributed by atoms with Gasteiger partial charge in [-0.05, 0) is 29.7 Å². The Morgan fingerprint density at radius 3 is 2.62 bits per heavy atom. The average Bonchev–Trinajstić information content (AvgIpc) is 3.01. The third-order valence-electron chi connectivity index (χ3n) is 4.10. The first-order chi connectivity index (χ1) is 10.1. The van der Waals surface area contributed by atoms with E-state index in [0.717, 1.165) is 32.1 Å². The molecule has 1 aromatic heterocycles. The van der Waals surface area contributed by atoms with E-state index in [1.165, 1.54) is 6.33 Å². The summed E-state index contributed by atoms with van der Waals surface area (Å²) in [5, 5.41) is 19.9. The average molecular weight is 295 g/mol. The lowest BCUT2D eigenvalue weighted by atomic mass is 9.80. The van der Waals surface area contributed by atoms with E-state index in [9.17, 15) is 9.59 Å². The van der Waals surface area contributed by atoms with Gasteiger partial charge in [0.15, 0.2) is 0 Å². The summed E-state index contributed by atoms with van der Waals surface area (Å²) in [4.78, 5) is 25.0. The number of nitrogens with zero attached hydrogens (tertiary/aromatic N) is 5. The summed E-state index contributed by atoms with van der Waals surface area (Å²) in [7, 11) is 1.71. The monoisotopic (exact) mass is 295 g/mol. The largest absolute Gasteiger partial charge is 0.481 e. The van der Waals surface area contributed by atoms with Crippen molar-refractivity contribution in [2.24, 2.45) is 0 Å². The van der Waals surface area contributed by atoms with Crippen LogP contribution in [0.3, 0.4) is 0 Å². The quantitative estimate of drug-likeness (QED) is 0.827. The van der Waals surface area contributed by atoms with E-state index in [2.05, 4.69) is 15.5 Å². The summed E-state index contributed by atoms with van der Waals surface area (Å²) >= 11 is 0. The van der Waals surface area contributed by atoms with Gasteiger partial charge in [-0.3, -0.25) is 9.59 Å². The third-order valence-corrected chi connectivity index (χ3v) is 4.10. The van der Waals surface area contributed by atoms with Gasteiger partial charge >= 0.3 is 5.97 Å². The van der Waals surface area contributed by atoms with Gasteiger partial charge in [-0.2, -0.15) is 0 Å². The Hall–Kier alpha value is -1.99. The molecule has 1 saturated carbocycles. The summed E-state index contributed by atoms with van der Waals surface area (Å²) in [6.45, 7) is 0.426. The minimum atomic E-state index is -0.844. The number of aliphatic carboxylic acids is 1. The molecule has 8 heteroatoms. The van der Waals surface area contributed by atoms with Crippen molar-refractivity contribution in [2.75, 3.05) is 13.6 Å². The molecule has 1 amide bonds. The molecule has 0 aliphatic heterocycles. The minimum Gasteiger partial charge on any atom is -0.481 e. The summed E-state index contributed by atoms with van der Waals surface area (Å²) in [5.74, 6) is -0.872. The molecule has 116 valence electrons. The standard InChI is InChI=1S/C13H21N5O3/c1-17(9-5-6-11(19)20)12(21)13(7-3-2-4-8-13)18-10-14-15-16-18/h10H,2-9H2,1H3,(H,19,20). The maximum absolute atomic E-state index is 12.9. The lowest BCUT2D eigenvalue weighted by molar-refractivity contribution is -0.143. The maximum Gasteiger partial charge on any atom is 0.303 e. The van der Waals surface area contributed by atoms with E-state index >= 15 is 0 Å². The second-order valence-electron chi connectivity index (χ2n) is 5.57. The predicted octanol–water partition coefficient (Wildman–Crippen LogP) is 0.656. The molecule has 1 aliphatic rings. The molecule has 0 bridgehead atoms. The van der Waals surface area contributed by atoms with Crippen molar-refractivity contribution in [3.05, 3.63) is 6.33 Å². The Balaban J connectivity index is 2.09. The van der Waals surface area contributed by atoms with Crippen LogP contribution in [0.5, 0.6) is 0 Å². The Labute approximate surface area is 123 Å². The highest BCUT2D eigenvalue weighted by molar-refractivity contribution is 5.84. The molecular weight excluding hydrogens is 274 g/mol. The Morgan fingerprint density at radius 2 is 2.05 bits per heavy atom. The van der Waals surface area contributed by atoms with Crippen molar-refractivity contribution in [1.29, 1.82) is 0 Å². The van der Waals surface area contributed by atoms with Crippen LogP contribution in [0.15, 0.2) is 6.33 Å². The maximum atomic E-state index is 12.9. The molecule has 0 aromatic carbocycles. The van der Waals surface area contributed by atoms with Gasteiger partial charge in [-0.15, -0.1) is 5.10 Å². The summed E-state index contributed by atoms with van der Waals surface area (Å²) in [6.07, 6.45) is 6.50. The molecule has 1 heterocycles. The molecule has 0 atom stereocenters. The zero-order chi connectivity index (χ0) is 15.3. The summed E-state index contributed by atoms with van der Waals surface area (Å²) in [6, 6.07) is 0. The number of hydrogen-bond donors (Lipinski definition) is 1. The number of likely N-dealkylation sites (N-methyl/N-ethyl adjacent to an activating group) is 1. The number of hydrogen-bond acceptors (Lipinski definition) is 5. The van der Waals surface area contributed by atoms with Crippen LogP contribution in [0.25, 0.3) is 0 Å². The molecule has 1 aliphatic carbocycles. The van der Waals surface area contributed by atoms with E-state index in [-0.39, 0.29) is 12.3 Å². The Morgan fingerprint density at radius 1 is 1.33 bits per heavy atom. The predicted molar refractivity (Wildman–Crippen MR) is 73.4 cm³/mol. The van der Waals surface area contributed by atoms with Gasteiger partial charge in [-0.1, -0.05) is 19.3 Å². The first kappa shape index (κ1) is 15.4. The highest BCUT2D eigenvalue weighted by atomic mass is 16.4. The van der Waals surface area contributed by atoms with Crippen molar-refractivity contribution in [1.82, 2.24) is 25.1 Å². The van der Waals surface area contributed by atoms with Crippen molar-refractivity contribution in [2.45, 2.75) is 50.5 Å². The fraction of sp³-hybridized carbons (Fsp3) is 0.769. The Kier molecular flexibility index (Phi) is 4.87. The number of carboxylic acid groups (broad SMARTS) is 1. The Bertz CT molecular complexity index is 482. The lowest BCUT2D eigenvalue weighted by Gasteiger charge is -2.38. The van der Waals surface area contributed by atoms with Crippen LogP contribution in [-0.4, -0.2) is 55.7 Å². The number of rotatable bonds is 6. The number of carbonyl (C=O) groups excluding carboxylic acids is 1. The fourth-order valence-corrected chi connectivity index (χ4v) is 2.96. The molecule has 0 saturated heterocycles. The van der Waals surface area contributed by atoms with E-state index in [1.54, 1.807) is 16.6 Å². The third kappa shape index (κ3) is 3.37. The van der Waals surface area contributed by atoms with Gasteiger partial charge in [0.2, 0.25) is 5.91 Å². The molecule has 2 rings (SSSR count). The number of carbonyl (C=O) groups is 2. The van der Waals surface area contributed by atoms with E-state index in [0.29, 0.717) is 13.0 Å². The van der Waals surface area contributed by atoms with Crippen LogP contribution in [-0.2, 0) is 15.1 Å². The normalized spacial score (nSPS) is 17.4. The highest BCUT2D eigenvalue weighted by Gasteiger charge is 2.44. The zero-order valence-corrected chi connectivity index (χ0v) is 12.2. The molecule has 1 aromatic rings. The van der Waals surface area contributed by atoms with E-state index < -0.39 is 11.5 Å². The highest BCUT2D eigenvalue weighted by Crippen LogP contribution is 2.35. The van der Waals surface area contributed by atoms with Crippen molar-refractivity contribution in [3.8, 4) is 0 Å². The number of amides is 1. The summed E-state index contributed by atoms with van der Waals surface area (Å²) < 4.78 is 1.57. The molecule has 0 radical (unpaired) electrons. The van der Waals surface area contributed by atoms with Gasteiger partial charge in [0, 0.05) is 20.0 Å². The van der Waals surface area contributed by atoms with Crippen molar-refractivity contribution in [3.63, 3.8) is 0 Å². The molecule has 8 nitrogen and oxygen atoms in total. The van der Waals surface area contributed by atoms with Gasteiger partial charge in [0.25, 0.3) is 0 Å². The molecule has 0 spiro atoms. The van der Waals surface area contributed by atoms with Crippen molar-refractivity contribution >= 4 is 11.9 Å². The van der Waals surface area contributed by atoms with Crippen LogP contribution >= 0.6 is 0 Å². The van der Waals surface area contributed by atoms with Crippen LogP contribution in [0, 0.1) is 0 Å². The molecular formula is C13H21N5O3. The van der Waals surface area contributed by atoms with Gasteiger partial charge in [0.05, 0.1) is 0 Å². The molecule has 0 unspecified atom stereocenters. The molecule has 1 fully saturated rings. The van der Waals surface area contributed by atoms with E-state index in [4.69, 9.17) is 5.11 Å². The molecule has 1 N–H and O–H groups in total. The minimum absolute atomic E-state index is 0.0279. The SMILES string of the molecule is CN(CCCC(=O)O)C(=O)C1(n2cnnn2)CCCCC1. The zero-order valence-electron chi connectivity index (χ0n) is 12.2. The van der Waals surface area contributed by atoms with Crippen LogP contribution in [0.1, 0.15) is 44.9 Å². The van der Waals surface area contributed by atoms with Gasteiger partial charge < -0.3 is 10.0 Å². The summed E-state index contributed by atoms with van der Waals surface area (Å²) in [5.41, 5.74) is -0.709. The van der Waals surface area contributed by atoms with E-state index in [1.807, 2.05) is 0 Å². The molecule has 21 heavy (non-hydrogen) atoms. The number of aromatic nitrogens is 4. The smallest absolute Gasteiger partial charge is 0.303 e. The lowest BCUT2D eigenvalue weighted by Crippen LogP contribution is -2.51. The number of tetrazole rings is 1. The number of carboxylic acids is 1. The van der Waals surface area contributed by atoms with Crippen LogP contribution in [0.4, 0.5) is 0 Å².